The Bertz CT molecular complexity index is 564. The molecule has 128 valence electrons. The van der Waals surface area contributed by atoms with Gasteiger partial charge < -0.3 is 10.0 Å². The van der Waals surface area contributed by atoms with E-state index in [9.17, 15) is 18.3 Å². The molecule has 0 saturated carbocycles. The Hall–Kier alpha value is -1.74. The number of anilines is 1. The van der Waals surface area contributed by atoms with Gasteiger partial charge in [0.1, 0.15) is 0 Å². The molecule has 1 N–H and O–H groups in total. The second-order valence-corrected chi connectivity index (χ2v) is 5.62. The normalized spacial score (nSPS) is 21.0. The van der Waals surface area contributed by atoms with Gasteiger partial charge in [-0.05, 0) is 30.5 Å². The van der Waals surface area contributed by atoms with Crippen molar-refractivity contribution in [3.63, 3.8) is 0 Å². The molecule has 1 aromatic carbocycles. The average Bonchev–Trinajstić information content (AvgIpc) is 2.89. The van der Waals surface area contributed by atoms with Crippen molar-refractivity contribution in [1.29, 1.82) is 5.26 Å². The third-order valence-corrected chi connectivity index (χ3v) is 3.86. The van der Waals surface area contributed by atoms with Gasteiger partial charge in [-0.25, -0.2) is 0 Å². The number of aliphatic hydroxyl groups is 1. The largest absolute Gasteiger partial charge is 0.417 e. The van der Waals surface area contributed by atoms with Crippen molar-refractivity contribution in [2.45, 2.75) is 52.4 Å². The summed E-state index contributed by atoms with van der Waals surface area (Å²) in [5, 5.41) is 18.8. The number of halogens is 3. The van der Waals surface area contributed by atoms with E-state index in [0.717, 1.165) is 6.07 Å². The van der Waals surface area contributed by atoms with Crippen molar-refractivity contribution < 1.29 is 18.3 Å². The van der Waals surface area contributed by atoms with Crippen LogP contribution >= 0.6 is 0 Å². The predicted octanol–water partition coefficient (Wildman–Crippen LogP) is 4.20. The van der Waals surface area contributed by atoms with Gasteiger partial charge in [-0.2, -0.15) is 18.4 Å². The van der Waals surface area contributed by atoms with Crippen LogP contribution in [0, 0.1) is 17.2 Å². The molecule has 1 aromatic rings. The standard InChI is InChI=1S/C15H17F3N2O.C2H6/c1-9(2)14-13(21)5-6-20(14)11-4-3-10(8-19)12(7-11)15(16,17)18;1-2/h3-4,7,9,13-14,21H,5-6H2,1-2H3;1-2H3/t13?,14-;/m0./s1. The molecule has 23 heavy (non-hydrogen) atoms. The van der Waals surface area contributed by atoms with Crippen LogP contribution in [0.2, 0.25) is 0 Å². The molecule has 2 rings (SSSR count). The molecule has 0 bridgehead atoms. The molecule has 3 nitrogen and oxygen atoms in total. The molecule has 1 fully saturated rings. The molecular weight excluding hydrogens is 305 g/mol. The number of hydrogen-bond donors (Lipinski definition) is 1. The maximum atomic E-state index is 13.0. The quantitative estimate of drug-likeness (QED) is 0.885. The van der Waals surface area contributed by atoms with E-state index in [1.165, 1.54) is 12.1 Å². The van der Waals surface area contributed by atoms with E-state index in [1.54, 1.807) is 11.0 Å². The van der Waals surface area contributed by atoms with Crippen LogP contribution in [0.4, 0.5) is 18.9 Å². The molecule has 1 saturated heterocycles. The molecule has 1 heterocycles. The first-order valence-corrected chi connectivity index (χ1v) is 7.81. The second kappa shape index (κ2) is 7.69. The van der Waals surface area contributed by atoms with E-state index in [-0.39, 0.29) is 17.5 Å². The van der Waals surface area contributed by atoms with Crippen molar-refractivity contribution in [2.75, 3.05) is 11.4 Å². The Kier molecular flexibility index (Phi) is 6.46. The minimum Gasteiger partial charge on any atom is -0.391 e. The van der Waals surface area contributed by atoms with Crippen LogP contribution in [0.1, 0.15) is 45.2 Å². The highest BCUT2D eigenvalue weighted by molar-refractivity contribution is 5.56. The van der Waals surface area contributed by atoms with Crippen molar-refractivity contribution in [3.8, 4) is 6.07 Å². The van der Waals surface area contributed by atoms with Gasteiger partial charge >= 0.3 is 6.18 Å². The highest BCUT2D eigenvalue weighted by Crippen LogP contribution is 2.37. The van der Waals surface area contributed by atoms with E-state index in [2.05, 4.69) is 0 Å². The van der Waals surface area contributed by atoms with Gasteiger partial charge in [0.05, 0.1) is 29.3 Å². The first kappa shape index (κ1) is 19.3. The zero-order valence-corrected chi connectivity index (χ0v) is 13.9. The smallest absolute Gasteiger partial charge is 0.391 e. The van der Waals surface area contributed by atoms with Crippen molar-refractivity contribution in [2.24, 2.45) is 5.92 Å². The zero-order valence-electron chi connectivity index (χ0n) is 13.9. The van der Waals surface area contributed by atoms with E-state index < -0.39 is 17.8 Å². The minimum atomic E-state index is -4.56. The number of aliphatic hydroxyl groups excluding tert-OH is 1. The average molecular weight is 328 g/mol. The van der Waals surface area contributed by atoms with Gasteiger partial charge in [0.2, 0.25) is 0 Å². The summed E-state index contributed by atoms with van der Waals surface area (Å²) in [4.78, 5) is 1.80. The van der Waals surface area contributed by atoms with Gasteiger partial charge in [-0.15, -0.1) is 0 Å². The van der Waals surface area contributed by atoms with Gasteiger partial charge in [-0.1, -0.05) is 27.7 Å². The van der Waals surface area contributed by atoms with Crippen molar-refractivity contribution in [3.05, 3.63) is 29.3 Å². The molecule has 0 amide bonds. The molecular formula is C17H23F3N2O. The number of alkyl halides is 3. The van der Waals surface area contributed by atoms with Crippen LogP contribution in [-0.4, -0.2) is 23.8 Å². The summed E-state index contributed by atoms with van der Waals surface area (Å²) in [5.74, 6) is 0.118. The fourth-order valence-corrected chi connectivity index (χ4v) is 2.95. The lowest BCUT2D eigenvalue weighted by atomic mass is 9.98. The van der Waals surface area contributed by atoms with E-state index in [4.69, 9.17) is 5.26 Å². The third kappa shape index (κ3) is 4.17. The van der Waals surface area contributed by atoms with Gasteiger partial charge in [0, 0.05) is 12.2 Å². The molecule has 0 aliphatic carbocycles. The van der Waals surface area contributed by atoms with E-state index in [0.29, 0.717) is 18.7 Å². The van der Waals surface area contributed by atoms with Crippen LogP contribution in [0.5, 0.6) is 0 Å². The second-order valence-electron chi connectivity index (χ2n) is 5.62. The van der Waals surface area contributed by atoms with Gasteiger partial charge in [0.15, 0.2) is 0 Å². The monoisotopic (exact) mass is 328 g/mol. The van der Waals surface area contributed by atoms with Gasteiger partial charge in [0.25, 0.3) is 0 Å². The topological polar surface area (TPSA) is 47.3 Å². The van der Waals surface area contributed by atoms with Crippen LogP contribution in [0.15, 0.2) is 18.2 Å². The number of rotatable bonds is 2. The zero-order chi connectivity index (χ0) is 17.8. The highest BCUT2D eigenvalue weighted by atomic mass is 19.4. The first-order chi connectivity index (χ1) is 10.8. The fraction of sp³-hybridized carbons (Fsp3) is 0.588. The lowest BCUT2D eigenvalue weighted by Gasteiger charge is -2.31. The molecule has 1 aliphatic heterocycles. The predicted molar refractivity (Wildman–Crippen MR) is 84.1 cm³/mol. The summed E-state index contributed by atoms with van der Waals surface area (Å²) >= 11 is 0. The van der Waals surface area contributed by atoms with Gasteiger partial charge in [-0.3, -0.25) is 0 Å². The molecule has 2 atom stereocenters. The summed E-state index contributed by atoms with van der Waals surface area (Å²) < 4.78 is 39.0. The maximum absolute atomic E-state index is 13.0. The van der Waals surface area contributed by atoms with Crippen LogP contribution < -0.4 is 4.90 Å². The maximum Gasteiger partial charge on any atom is 0.417 e. The SMILES string of the molecule is CC.CC(C)[C@H]1C(O)CCN1c1ccc(C#N)c(C(F)(F)F)c1. The van der Waals surface area contributed by atoms with Crippen LogP contribution in [0.3, 0.4) is 0 Å². The molecule has 0 spiro atoms. The molecule has 0 radical (unpaired) electrons. The Morgan fingerprint density at radius 1 is 1.30 bits per heavy atom. The van der Waals surface area contributed by atoms with Crippen molar-refractivity contribution in [1.82, 2.24) is 0 Å². The van der Waals surface area contributed by atoms with E-state index >= 15 is 0 Å². The number of nitrogens with zero attached hydrogens (tertiary/aromatic N) is 2. The Labute approximate surface area is 135 Å². The first-order valence-electron chi connectivity index (χ1n) is 7.81. The third-order valence-electron chi connectivity index (χ3n) is 3.86. The number of hydrogen-bond acceptors (Lipinski definition) is 3. The summed E-state index contributed by atoms with van der Waals surface area (Å²) in [5.41, 5.74) is -0.907. The lowest BCUT2D eigenvalue weighted by molar-refractivity contribution is -0.137. The van der Waals surface area contributed by atoms with Crippen LogP contribution in [-0.2, 0) is 6.18 Å². The lowest BCUT2D eigenvalue weighted by Crippen LogP contribution is -2.39. The van der Waals surface area contributed by atoms with Crippen molar-refractivity contribution >= 4 is 5.69 Å². The summed E-state index contributed by atoms with van der Waals surface area (Å²) in [7, 11) is 0. The fourth-order valence-electron chi connectivity index (χ4n) is 2.95. The summed E-state index contributed by atoms with van der Waals surface area (Å²) in [6, 6.07) is 5.08. The molecule has 1 unspecified atom stereocenters. The highest BCUT2D eigenvalue weighted by Gasteiger charge is 2.38. The molecule has 1 aliphatic rings. The minimum absolute atomic E-state index is 0.118. The summed E-state index contributed by atoms with van der Waals surface area (Å²) in [6.45, 7) is 8.37. The molecule has 6 heteroatoms. The Balaban J connectivity index is 0.00000127. The Morgan fingerprint density at radius 3 is 2.39 bits per heavy atom. The number of benzene rings is 1. The molecule has 0 aromatic heterocycles. The van der Waals surface area contributed by atoms with E-state index in [1.807, 2.05) is 27.7 Å². The van der Waals surface area contributed by atoms with Crippen LogP contribution in [0.25, 0.3) is 0 Å². The number of nitriles is 1. The Morgan fingerprint density at radius 2 is 1.91 bits per heavy atom. The summed E-state index contributed by atoms with van der Waals surface area (Å²) in [6.07, 6.45) is -4.58.